The van der Waals surface area contributed by atoms with Crippen molar-refractivity contribution >= 4 is 27.3 Å². The average molecular weight is 495 g/mol. The van der Waals surface area contributed by atoms with Crippen molar-refractivity contribution in [1.29, 1.82) is 0 Å². The Bertz CT molecular complexity index is 1100. The smallest absolute Gasteiger partial charge is 0.351 e. The first-order chi connectivity index (χ1) is 14.9. The summed E-state index contributed by atoms with van der Waals surface area (Å²) in [7, 11) is -1.49. The van der Waals surface area contributed by atoms with Crippen LogP contribution in [0, 0.1) is 5.82 Å². The number of nitrogens with one attached hydrogen (secondary N) is 1. The lowest BCUT2D eigenvalue weighted by Gasteiger charge is -2.36. The van der Waals surface area contributed by atoms with Crippen molar-refractivity contribution in [3.8, 4) is 10.6 Å². The van der Waals surface area contributed by atoms with Gasteiger partial charge in [0.15, 0.2) is 11.5 Å². The second-order valence-corrected chi connectivity index (χ2v) is 11.0. The molecule has 14 heteroatoms. The molecule has 1 atom stereocenters. The Morgan fingerprint density at radius 1 is 1.16 bits per heavy atom. The number of thiazole rings is 1. The van der Waals surface area contributed by atoms with E-state index in [1.165, 1.54) is 4.31 Å². The maximum absolute atomic E-state index is 14.5. The van der Waals surface area contributed by atoms with Crippen molar-refractivity contribution in [3.05, 3.63) is 22.7 Å². The number of likely N-dealkylation sites (tertiary alicyclic amines) is 1. The maximum Gasteiger partial charge on any atom is 0.434 e. The molecule has 4 rings (SSSR count). The molecular formula is C18H22F4N6O2S2. The molecule has 2 aliphatic heterocycles. The largest absolute Gasteiger partial charge is 0.434 e. The third kappa shape index (κ3) is 4.72. The van der Waals surface area contributed by atoms with Crippen LogP contribution < -0.4 is 5.32 Å². The molecule has 0 radical (unpaired) electrons. The molecule has 2 saturated heterocycles. The van der Waals surface area contributed by atoms with Crippen LogP contribution in [-0.2, 0) is 16.2 Å². The van der Waals surface area contributed by atoms with Crippen molar-refractivity contribution in [2.45, 2.75) is 37.5 Å². The summed E-state index contributed by atoms with van der Waals surface area (Å²) < 4.78 is 80.2. The van der Waals surface area contributed by atoms with E-state index >= 15 is 0 Å². The summed E-state index contributed by atoms with van der Waals surface area (Å²) in [4.78, 5) is 13.2. The minimum atomic E-state index is -4.75. The highest BCUT2D eigenvalue weighted by atomic mass is 32.2. The molecule has 0 bridgehead atoms. The molecule has 8 nitrogen and oxygen atoms in total. The molecule has 32 heavy (non-hydrogen) atoms. The molecule has 0 spiro atoms. The Kier molecular flexibility index (Phi) is 6.15. The Morgan fingerprint density at radius 3 is 2.38 bits per heavy atom. The van der Waals surface area contributed by atoms with Crippen molar-refractivity contribution < 1.29 is 26.0 Å². The van der Waals surface area contributed by atoms with E-state index in [1.54, 1.807) is 7.05 Å². The molecule has 2 fully saturated rings. The lowest BCUT2D eigenvalue weighted by atomic mass is 10.1. The van der Waals surface area contributed by atoms with Gasteiger partial charge in [0.05, 0.1) is 23.4 Å². The predicted molar refractivity (Wildman–Crippen MR) is 111 cm³/mol. The van der Waals surface area contributed by atoms with Gasteiger partial charge in [-0.1, -0.05) is 0 Å². The van der Waals surface area contributed by atoms with Crippen molar-refractivity contribution in [2.75, 3.05) is 38.3 Å². The maximum atomic E-state index is 14.5. The second kappa shape index (κ2) is 8.47. The zero-order valence-electron chi connectivity index (χ0n) is 17.4. The van der Waals surface area contributed by atoms with Crippen molar-refractivity contribution in [2.24, 2.45) is 0 Å². The normalized spacial score (nSPS) is 21.5. The first-order valence-electron chi connectivity index (χ1n) is 9.96. The Balaban J connectivity index is 1.59. The van der Waals surface area contributed by atoms with Gasteiger partial charge in [0, 0.05) is 25.7 Å². The van der Waals surface area contributed by atoms with Crippen LogP contribution in [0.2, 0.25) is 0 Å². The highest BCUT2D eigenvalue weighted by Gasteiger charge is 2.41. The van der Waals surface area contributed by atoms with Crippen LogP contribution in [0.25, 0.3) is 10.6 Å². The molecular weight excluding hydrogens is 472 g/mol. The number of piperidine rings is 1. The quantitative estimate of drug-likeness (QED) is 0.639. The minimum Gasteiger partial charge on any atom is -0.351 e. The van der Waals surface area contributed by atoms with Crippen molar-refractivity contribution in [3.63, 3.8) is 0 Å². The van der Waals surface area contributed by atoms with Crippen LogP contribution in [0.15, 0.2) is 6.20 Å². The van der Waals surface area contributed by atoms with E-state index in [9.17, 15) is 26.0 Å². The zero-order valence-corrected chi connectivity index (χ0v) is 19.0. The standard InChI is InChI=1S/C18H22F4N6O2S2/c1-27-6-5-12(27)16-26-15(18(20,21)22)14(31-16)13-11(19)9-23-17(25-13)24-10-3-7-28(8-4-10)32(2,29)30/h9-10,12H,3-8H2,1-2H3,(H,23,24,25). The van der Waals surface area contributed by atoms with Crippen LogP contribution in [0.1, 0.15) is 36.0 Å². The highest BCUT2D eigenvalue weighted by molar-refractivity contribution is 7.88. The molecule has 2 aliphatic rings. The van der Waals surface area contributed by atoms with Crippen LogP contribution in [-0.4, -0.2) is 71.6 Å². The van der Waals surface area contributed by atoms with E-state index < -0.39 is 33.4 Å². The van der Waals surface area contributed by atoms with Crippen molar-refractivity contribution in [1.82, 2.24) is 24.2 Å². The SMILES string of the molecule is CN1CCC1c1nc(C(F)(F)F)c(-c2nc(NC3CCN(S(C)(=O)=O)CC3)ncc2F)s1. The van der Waals surface area contributed by atoms with Gasteiger partial charge >= 0.3 is 6.18 Å². The Morgan fingerprint density at radius 2 is 1.84 bits per heavy atom. The number of anilines is 1. The summed E-state index contributed by atoms with van der Waals surface area (Å²) >= 11 is 0.795. The average Bonchev–Trinajstić information content (AvgIpc) is 3.13. The van der Waals surface area contributed by atoms with E-state index in [0.717, 1.165) is 30.3 Å². The summed E-state index contributed by atoms with van der Waals surface area (Å²) in [5.41, 5.74) is -1.60. The molecule has 4 heterocycles. The summed E-state index contributed by atoms with van der Waals surface area (Å²) in [6, 6.07) is -0.411. The predicted octanol–water partition coefficient (Wildman–Crippen LogP) is 2.97. The van der Waals surface area contributed by atoms with E-state index in [4.69, 9.17) is 0 Å². The number of halogens is 4. The van der Waals surface area contributed by atoms with Gasteiger partial charge in [-0.2, -0.15) is 13.2 Å². The lowest BCUT2D eigenvalue weighted by molar-refractivity contribution is -0.140. The third-order valence-corrected chi connectivity index (χ3v) is 8.17. The molecule has 176 valence electrons. The number of hydrogen-bond donors (Lipinski definition) is 1. The number of rotatable bonds is 5. The van der Waals surface area contributed by atoms with E-state index in [0.29, 0.717) is 32.4 Å². The Labute approximate surface area is 186 Å². The second-order valence-electron chi connectivity index (χ2n) is 7.98. The molecule has 0 aromatic carbocycles. The summed E-state index contributed by atoms with van der Waals surface area (Å²) in [5, 5.41) is 3.27. The summed E-state index contributed by atoms with van der Waals surface area (Å²) in [6.07, 6.45) is -1.16. The van der Waals surface area contributed by atoms with Gasteiger partial charge < -0.3 is 5.32 Å². The number of aromatic nitrogens is 3. The van der Waals surface area contributed by atoms with Gasteiger partial charge in [-0.15, -0.1) is 11.3 Å². The fourth-order valence-corrected chi connectivity index (χ4v) is 5.92. The van der Waals surface area contributed by atoms with E-state index in [1.807, 2.05) is 4.90 Å². The minimum absolute atomic E-state index is 0.0111. The lowest BCUT2D eigenvalue weighted by Crippen LogP contribution is -2.42. The van der Waals surface area contributed by atoms with Crippen LogP contribution >= 0.6 is 11.3 Å². The molecule has 1 N–H and O–H groups in total. The van der Waals surface area contributed by atoms with E-state index in [2.05, 4.69) is 20.3 Å². The number of nitrogens with zero attached hydrogens (tertiary/aromatic N) is 5. The van der Waals surface area contributed by atoms with Gasteiger partial charge in [0.2, 0.25) is 16.0 Å². The van der Waals surface area contributed by atoms with Crippen LogP contribution in [0.5, 0.6) is 0 Å². The third-order valence-electron chi connectivity index (χ3n) is 5.70. The molecule has 0 saturated carbocycles. The Hall–Kier alpha value is -1.90. The molecule has 2 aromatic heterocycles. The number of hydrogen-bond acceptors (Lipinski definition) is 8. The molecule has 0 aliphatic carbocycles. The highest BCUT2D eigenvalue weighted by Crippen LogP contribution is 2.44. The van der Waals surface area contributed by atoms with Gasteiger partial charge in [0.25, 0.3) is 0 Å². The van der Waals surface area contributed by atoms with Gasteiger partial charge in [-0.3, -0.25) is 4.90 Å². The fraction of sp³-hybridized carbons (Fsp3) is 0.611. The van der Waals surface area contributed by atoms with Crippen LogP contribution in [0.3, 0.4) is 0 Å². The molecule has 2 aromatic rings. The van der Waals surface area contributed by atoms with Gasteiger partial charge in [-0.05, 0) is 26.3 Å². The van der Waals surface area contributed by atoms with Gasteiger partial charge in [-0.25, -0.2) is 32.1 Å². The topological polar surface area (TPSA) is 91.3 Å². The first kappa shape index (κ1) is 23.3. The molecule has 1 unspecified atom stereocenters. The monoisotopic (exact) mass is 494 g/mol. The van der Waals surface area contributed by atoms with Gasteiger partial charge in [0.1, 0.15) is 10.7 Å². The van der Waals surface area contributed by atoms with Crippen LogP contribution in [0.4, 0.5) is 23.5 Å². The fourth-order valence-electron chi connectivity index (χ4n) is 3.77. The van der Waals surface area contributed by atoms with E-state index in [-0.39, 0.29) is 27.9 Å². The first-order valence-corrected chi connectivity index (χ1v) is 12.6. The summed E-state index contributed by atoms with van der Waals surface area (Å²) in [6.45, 7) is 1.36. The number of sulfonamides is 1. The number of alkyl halides is 3. The summed E-state index contributed by atoms with van der Waals surface area (Å²) in [5.74, 6) is -0.979. The zero-order chi connectivity index (χ0) is 23.3. The molecule has 0 amide bonds.